The summed E-state index contributed by atoms with van der Waals surface area (Å²) < 4.78 is 6.77. The van der Waals surface area contributed by atoms with E-state index in [9.17, 15) is 0 Å². The van der Waals surface area contributed by atoms with E-state index in [0.29, 0.717) is 0 Å². The number of aromatic nitrogens is 1. The van der Waals surface area contributed by atoms with Crippen molar-refractivity contribution in [3.63, 3.8) is 0 Å². The van der Waals surface area contributed by atoms with Gasteiger partial charge >= 0.3 is 0 Å². The minimum absolute atomic E-state index is 0.413. The molecule has 2 aliphatic heterocycles. The van der Waals surface area contributed by atoms with Gasteiger partial charge in [-0.05, 0) is 85.1 Å². The summed E-state index contributed by atoms with van der Waals surface area (Å²) in [4.78, 5) is 9.42. The van der Waals surface area contributed by atoms with Crippen molar-refractivity contribution < 1.29 is 4.42 Å². The molecule has 0 radical (unpaired) electrons. The Morgan fingerprint density at radius 2 is 1.64 bits per heavy atom. The van der Waals surface area contributed by atoms with Crippen LogP contribution < -0.4 is 15.1 Å². The number of fused-ring (bicyclic) bond motifs is 2. The Bertz CT molecular complexity index is 1710. The molecule has 5 nitrogen and oxygen atoms in total. The maximum atomic E-state index is 6.77. The summed E-state index contributed by atoms with van der Waals surface area (Å²) in [5, 5.41) is 4.20. The zero-order valence-electron chi connectivity index (χ0n) is 26.1. The van der Waals surface area contributed by atoms with Crippen LogP contribution in [0.4, 0.5) is 11.4 Å². The van der Waals surface area contributed by atoms with Crippen molar-refractivity contribution >= 4 is 23.0 Å². The molecule has 0 amide bonds. The lowest BCUT2D eigenvalue weighted by atomic mass is 9.94. The largest absolute Gasteiger partial charge is 0.458 e. The highest BCUT2D eigenvalue weighted by atomic mass is 35.5. The van der Waals surface area contributed by atoms with Crippen LogP contribution in [0.1, 0.15) is 50.1 Å². The molecule has 44 heavy (non-hydrogen) atoms. The Balaban J connectivity index is 0.00000168. The molecular formula is C38H41ClN4O. The molecule has 0 spiro atoms. The Hall–Kier alpha value is -4.06. The molecule has 1 saturated heterocycles. The molecule has 0 saturated carbocycles. The van der Waals surface area contributed by atoms with Crippen molar-refractivity contribution in [3.8, 4) is 22.5 Å². The lowest BCUT2D eigenvalue weighted by Gasteiger charge is -2.40. The first-order valence-electron chi connectivity index (χ1n) is 15.7. The smallest absolute Gasteiger partial charge is 0.134 e. The van der Waals surface area contributed by atoms with E-state index in [4.69, 9.17) is 16.0 Å². The third-order valence-corrected chi connectivity index (χ3v) is 8.96. The van der Waals surface area contributed by atoms with Gasteiger partial charge in [0.1, 0.15) is 11.5 Å². The predicted octanol–water partition coefficient (Wildman–Crippen LogP) is 8.94. The number of anilines is 2. The topological polar surface area (TPSA) is 44.5 Å². The number of nitrogens with zero attached hydrogens (tertiary/aromatic N) is 3. The van der Waals surface area contributed by atoms with Crippen LogP contribution in [0.15, 0.2) is 102 Å². The highest BCUT2D eigenvalue weighted by Gasteiger charge is 2.39. The Labute approximate surface area is 266 Å². The average Bonchev–Trinajstić information content (AvgIpc) is 3.47. The van der Waals surface area contributed by atoms with Crippen molar-refractivity contribution in [1.82, 2.24) is 10.3 Å². The van der Waals surface area contributed by atoms with Gasteiger partial charge in [-0.15, -0.1) is 0 Å². The monoisotopic (exact) mass is 604 g/mol. The molecule has 0 aliphatic carbocycles. The molecule has 0 unspecified atom stereocenters. The number of pyridine rings is 1. The van der Waals surface area contributed by atoms with Crippen molar-refractivity contribution in [1.29, 1.82) is 0 Å². The number of benzene rings is 3. The average molecular weight is 605 g/mol. The standard InChI is InChI=1S/C36H35ClN4O.C2H6/c1-36(2)35-29(22-34(42-35)25-9-11-30(37)12-10-25)20-28-21-31(40-18-16-38-17-19-40)13-14-33(28)41(36)24-27-6-3-4-8-32(27)26-7-5-15-39-23-26;1-2/h3-15,21-23,38H,16-20,24H2,1-2H3;1-2H3. The molecule has 6 heteroatoms. The van der Waals surface area contributed by atoms with Crippen molar-refractivity contribution in [2.75, 3.05) is 36.0 Å². The molecular weight excluding hydrogens is 564 g/mol. The quantitative estimate of drug-likeness (QED) is 0.217. The molecule has 4 heterocycles. The van der Waals surface area contributed by atoms with Crippen LogP contribution in [0, 0.1) is 0 Å². The summed E-state index contributed by atoms with van der Waals surface area (Å²) in [6, 6.07) is 30.0. The SMILES string of the molecule is CC.CC1(C)c2oc(-c3ccc(Cl)cc3)cc2Cc2cc(N3CCNCC3)ccc2N1Cc1ccccc1-c1cccnc1. The van der Waals surface area contributed by atoms with Crippen LogP contribution in [0.25, 0.3) is 22.5 Å². The number of nitrogens with one attached hydrogen (secondary N) is 1. The molecule has 3 aromatic carbocycles. The fourth-order valence-electron chi connectivity index (χ4n) is 6.47. The van der Waals surface area contributed by atoms with Gasteiger partial charge in [0.15, 0.2) is 0 Å². The number of halogens is 1. The van der Waals surface area contributed by atoms with Crippen molar-refractivity contribution in [2.45, 2.75) is 46.2 Å². The van der Waals surface area contributed by atoms with Gasteiger partial charge in [0.2, 0.25) is 0 Å². The molecule has 1 fully saturated rings. The van der Waals surface area contributed by atoms with E-state index in [1.54, 1.807) is 0 Å². The third-order valence-electron chi connectivity index (χ3n) is 8.70. The normalized spacial score (nSPS) is 15.5. The van der Waals surface area contributed by atoms with E-state index < -0.39 is 5.54 Å². The summed E-state index contributed by atoms with van der Waals surface area (Å²) in [7, 11) is 0. The molecule has 0 bridgehead atoms. The Kier molecular flexibility index (Phi) is 8.79. The Morgan fingerprint density at radius 1 is 0.864 bits per heavy atom. The maximum Gasteiger partial charge on any atom is 0.134 e. The number of furan rings is 1. The number of rotatable bonds is 5. The fraction of sp³-hybridized carbons (Fsp3) is 0.289. The van der Waals surface area contributed by atoms with E-state index in [1.807, 2.05) is 56.6 Å². The van der Waals surface area contributed by atoms with Crippen molar-refractivity contribution in [2.24, 2.45) is 0 Å². The summed E-state index contributed by atoms with van der Waals surface area (Å²) in [5.74, 6) is 1.88. The second kappa shape index (κ2) is 12.9. The van der Waals surface area contributed by atoms with Gasteiger partial charge in [-0.1, -0.05) is 55.8 Å². The fourth-order valence-corrected chi connectivity index (χ4v) is 6.60. The van der Waals surface area contributed by atoms with Gasteiger partial charge in [0, 0.05) is 84.6 Å². The van der Waals surface area contributed by atoms with Crippen LogP contribution in [-0.2, 0) is 18.5 Å². The zero-order chi connectivity index (χ0) is 30.7. The van der Waals surface area contributed by atoms with Gasteiger partial charge in [-0.25, -0.2) is 0 Å². The van der Waals surface area contributed by atoms with Crippen LogP contribution in [0.5, 0.6) is 0 Å². The van der Waals surface area contributed by atoms with Gasteiger partial charge in [0.05, 0.1) is 5.54 Å². The van der Waals surface area contributed by atoms with Crippen LogP contribution >= 0.6 is 11.6 Å². The summed E-state index contributed by atoms with van der Waals surface area (Å²) in [6.07, 6.45) is 4.59. The zero-order valence-corrected chi connectivity index (χ0v) is 26.9. The molecule has 2 aromatic heterocycles. The van der Waals surface area contributed by atoms with E-state index >= 15 is 0 Å². The summed E-state index contributed by atoms with van der Waals surface area (Å²) in [6.45, 7) is 13.4. The van der Waals surface area contributed by atoms with E-state index in [2.05, 4.69) is 88.5 Å². The Morgan fingerprint density at radius 3 is 2.39 bits per heavy atom. The number of hydrogen-bond donors (Lipinski definition) is 1. The highest BCUT2D eigenvalue weighted by molar-refractivity contribution is 6.30. The second-order valence-corrected chi connectivity index (χ2v) is 12.2. The predicted molar refractivity (Wildman–Crippen MR) is 184 cm³/mol. The summed E-state index contributed by atoms with van der Waals surface area (Å²) in [5.41, 5.74) is 9.28. The van der Waals surface area contributed by atoms with Gasteiger partial charge < -0.3 is 19.5 Å². The minimum atomic E-state index is -0.413. The lowest BCUT2D eigenvalue weighted by molar-refractivity contribution is 0.369. The van der Waals surface area contributed by atoms with E-state index in [1.165, 1.54) is 33.6 Å². The van der Waals surface area contributed by atoms with Crippen molar-refractivity contribution in [3.05, 3.63) is 125 Å². The van der Waals surface area contributed by atoms with E-state index in [0.717, 1.165) is 66.8 Å². The van der Waals surface area contributed by atoms with Crippen LogP contribution in [0.2, 0.25) is 5.02 Å². The number of piperazine rings is 1. The molecule has 2 aliphatic rings. The first-order valence-corrected chi connectivity index (χ1v) is 16.1. The molecule has 7 rings (SSSR count). The minimum Gasteiger partial charge on any atom is -0.458 e. The first-order chi connectivity index (χ1) is 21.5. The molecule has 5 aromatic rings. The van der Waals surface area contributed by atoms with Gasteiger partial charge in [-0.2, -0.15) is 0 Å². The van der Waals surface area contributed by atoms with Gasteiger partial charge in [-0.3, -0.25) is 4.98 Å². The van der Waals surface area contributed by atoms with E-state index in [-0.39, 0.29) is 0 Å². The first kappa shape index (κ1) is 30.0. The third kappa shape index (κ3) is 5.87. The molecule has 0 atom stereocenters. The lowest BCUT2D eigenvalue weighted by Crippen LogP contribution is -2.43. The van der Waals surface area contributed by atoms with Crippen LogP contribution in [0.3, 0.4) is 0 Å². The van der Waals surface area contributed by atoms with Crippen LogP contribution in [-0.4, -0.2) is 31.2 Å². The van der Waals surface area contributed by atoms with Gasteiger partial charge in [0.25, 0.3) is 0 Å². The number of hydrogen-bond acceptors (Lipinski definition) is 5. The molecule has 1 N–H and O–H groups in total. The summed E-state index contributed by atoms with van der Waals surface area (Å²) >= 11 is 6.21. The second-order valence-electron chi connectivity index (χ2n) is 11.7. The highest BCUT2D eigenvalue weighted by Crippen LogP contribution is 2.46. The maximum absolute atomic E-state index is 6.77. The molecule has 226 valence electrons.